The highest BCUT2D eigenvalue weighted by Gasteiger charge is 2.29. The second kappa shape index (κ2) is 8.90. The molecule has 3 aromatic carbocycles. The van der Waals surface area contributed by atoms with Gasteiger partial charge in [0.25, 0.3) is 5.91 Å². The molecular weight excluding hydrogens is 516 g/mol. The third-order valence-electron chi connectivity index (χ3n) is 4.64. The van der Waals surface area contributed by atoms with E-state index in [2.05, 4.69) is 21.0 Å². The molecule has 1 heterocycles. The smallest absolute Gasteiger partial charge is 0.339 e. The minimum atomic E-state index is -4.11. The summed E-state index contributed by atoms with van der Waals surface area (Å²) in [4.78, 5) is 13.0. The van der Waals surface area contributed by atoms with Crippen molar-refractivity contribution in [3.8, 4) is 5.75 Å². The Morgan fingerprint density at radius 2 is 1.72 bits per heavy atom. The van der Waals surface area contributed by atoms with Gasteiger partial charge in [0.1, 0.15) is 10.6 Å². The third kappa shape index (κ3) is 4.62. The number of hydrogen-bond donors (Lipinski definition) is 0. The van der Waals surface area contributed by atoms with Gasteiger partial charge in [0.15, 0.2) is 0 Å². The first-order valence-corrected chi connectivity index (χ1v) is 12.0. The van der Waals surface area contributed by atoms with Gasteiger partial charge in [0, 0.05) is 15.1 Å². The molecule has 162 valence electrons. The highest BCUT2D eigenvalue weighted by Crippen LogP contribution is 2.31. The highest BCUT2D eigenvalue weighted by atomic mass is 79.9. The van der Waals surface area contributed by atoms with Crippen molar-refractivity contribution in [2.24, 2.45) is 5.10 Å². The number of halogens is 2. The van der Waals surface area contributed by atoms with Crippen molar-refractivity contribution >= 4 is 61.0 Å². The minimum Gasteiger partial charge on any atom is -0.378 e. The van der Waals surface area contributed by atoms with Crippen LogP contribution in [0.3, 0.4) is 0 Å². The van der Waals surface area contributed by atoms with Gasteiger partial charge in [-0.15, -0.1) is 0 Å². The van der Waals surface area contributed by atoms with E-state index in [4.69, 9.17) is 15.8 Å². The average Bonchev–Trinajstić information content (AvgIpc) is 3.05. The Hall–Kier alpha value is -2.94. The minimum absolute atomic E-state index is 0.0339. The number of hydrogen-bond acceptors (Lipinski definition) is 5. The zero-order chi connectivity index (χ0) is 22.9. The number of benzene rings is 3. The van der Waals surface area contributed by atoms with Crippen LogP contribution in [-0.4, -0.2) is 20.0 Å². The molecule has 3 aromatic rings. The molecule has 0 aliphatic carbocycles. The second-order valence-electron chi connectivity index (χ2n) is 6.87. The predicted octanol–water partition coefficient (Wildman–Crippen LogP) is 5.68. The molecule has 0 bridgehead atoms. The fourth-order valence-electron chi connectivity index (χ4n) is 3.06. The van der Waals surface area contributed by atoms with E-state index in [1.807, 2.05) is 18.2 Å². The van der Waals surface area contributed by atoms with E-state index in [-0.39, 0.29) is 16.6 Å². The first-order chi connectivity index (χ1) is 15.2. The number of nitrogens with zero attached hydrogens (tertiary/aromatic N) is 2. The topological polar surface area (TPSA) is 76.0 Å². The number of para-hydroxylation sites is 1. The Kier molecular flexibility index (Phi) is 6.19. The van der Waals surface area contributed by atoms with E-state index in [0.717, 1.165) is 0 Å². The van der Waals surface area contributed by atoms with E-state index in [1.165, 1.54) is 35.3 Å². The molecule has 4 rings (SSSR count). The van der Waals surface area contributed by atoms with Crippen LogP contribution in [0, 0.1) is 0 Å². The fraction of sp³-hybridized carbons (Fsp3) is 0.0435. The second-order valence-corrected chi connectivity index (χ2v) is 9.77. The normalized spacial score (nSPS) is 15.2. The van der Waals surface area contributed by atoms with E-state index >= 15 is 0 Å². The van der Waals surface area contributed by atoms with Crippen LogP contribution < -0.4 is 9.19 Å². The van der Waals surface area contributed by atoms with Crippen LogP contribution >= 0.6 is 27.5 Å². The lowest BCUT2D eigenvalue weighted by Gasteiger charge is -2.12. The lowest BCUT2D eigenvalue weighted by atomic mass is 10.1. The molecule has 0 N–H and O–H groups in total. The van der Waals surface area contributed by atoms with E-state index in [1.54, 1.807) is 37.3 Å². The van der Waals surface area contributed by atoms with Crippen molar-refractivity contribution in [3.05, 3.63) is 93.4 Å². The van der Waals surface area contributed by atoms with E-state index in [0.29, 0.717) is 32.0 Å². The first kappa shape index (κ1) is 22.3. The maximum Gasteiger partial charge on any atom is 0.339 e. The summed E-state index contributed by atoms with van der Waals surface area (Å²) >= 11 is 9.23. The summed E-state index contributed by atoms with van der Waals surface area (Å²) in [5, 5.41) is 6.07. The summed E-state index contributed by atoms with van der Waals surface area (Å²) < 4.78 is 31.6. The van der Waals surface area contributed by atoms with Gasteiger partial charge in [-0.25, -0.2) is 0 Å². The standard InChI is InChI=1S/C23H16BrClN2O4S/c1-15-21(23(28)27(26-15)19-5-3-2-4-6-19)14-16-13-17(24)7-12-22(16)31-32(29,30)20-10-8-18(25)9-11-20/h2-14H,1H3/b21-14+. The van der Waals surface area contributed by atoms with Gasteiger partial charge < -0.3 is 4.18 Å². The highest BCUT2D eigenvalue weighted by molar-refractivity contribution is 9.10. The molecule has 1 amide bonds. The lowest BCUT2D eigenvalue weighted by Crippen LogP contribution is -2.21. The third-order valence-corrected chi connectivity index (χ3v) is 6.63. The molecule has 0 unspecified atom stereocenters. The zero-order valence-electron chi connectivity index (χ0n) is 16.7. The Labute approximate surface area is 199 Å². The number of hydrazone groups is 1. The van der Waals surface area contributed by atoms with Crippen LogP contribution in [-0.2, 0) is 14.9 Å². The number of carbonyl (C=O) groups is 1. The summed E-state index contributed by atoms with van der Waals surface area (Å²) in [6.07, 6.45) is 1.57. The van der Waals surface area contributed by atoms with Gasteiger partial charge in [0.2, 0.25) is 0 Å². The molecule has 0 atom stereocenters. The summed E-state index contributed by atoms with van der Waals surface area (Å²) in [7, 11) is -4.11. The first-order valence-electron chi connectivity index (χ1n) is 9.41. The molecular formula is C23H16BrClN2O4S. The summed E-state index contributed by atoms with van der Waals surface area (Å²) in [6.45, 7) is 1.72. The molecule has 1 aliphatic rings. The van der Waals surface area contributed by atoms with Crippen LogP contribution in [0.1, 0.15) is 12.5 Å². The SMILES string of the molecule is CC1=NN(c2ccccc2)C(=O)/C1=C/c1cc(Br)ccc1OS(=O)(=O)c1ccc(Cl)cc1. The average molecular weight is 532 g/mol. The number of carbonyl (C=O) groups excluding carboxylic acids is 1. The molecule has 0 fully saturated rings. The molecule has 0 spiro atoms. The monoisotopic (exact) mass is 530 g/mol. The molecule has 0 saturated carbocycles. The van der Waals surface area contributed by atoms with Gasteiger partial charge in [-0.3, -0.25) is 4.79 Å². The van der Waals surface area contributed by atoms with Gasteiger partial charge >= 0.3 is 10.1 Å². The Morgan fingerprint density at radius 1 is 1.03 bits per heavy atom. The maximum atomic E-state index is 13.0. The van der Waals surface area contributed by atoms with Gasteiger partial charge in [0.05, 0.1) is 17.0 Å². The lowest BCUT2D eigenvalue weighted by molar-refractivity contribution is -0.114. The molecule has 0 saturated heterocycles. The summed E-state index contributed by atoms with van der Waals surface area (Å²) in [5.41, 5.74) is 1.88. The van der Waals surface area contributed by atoms with E-state index < -0.39 is 10.1 Å². The quantitative estimate of drug-likeness (QED) is 0.314. The van der Waals surface area contributed by atoms with Crippen LogP contribution in [0.25, 0.3) is 6.08 Å². The fourth-order valence-corrected chi connectivity index (χ4v) is 4.52. The van der Waals surface area contributed by atoms with Crippen LogP contribution in [0.5, 0.6) is 5.75 Å². The van der Waals surface area contributed by atoms with Crippen molar-refractivity contribution in [2.75, 3.05) is 5.01 Å². The zero-order valence-corrected chi connectivity index (χ0v) is 19.9. The summed E-state index contributed by atoms with van der Waals surface area (Å²) in [5.74, 6) is -0.241. The van der Waals surface area contributed by atoms with E-state index in [9.17, 15) is 13.2 Å². The van der Waals surface area contributed by atoms with Crippen LogP contribution in [0.2, 0.25) is 5.02 Å². The van der Waals surface area contributed by atoms with Crippen molar-refractivity contribution in [2.45, 2.75) is 11.8 Å². The summed E-state index contributed by atoms with van der Waals surface area (Å²) in [6, 6.07) is 19.6. The largest absolute Gasteiger partial charge is 0.378 e. The Morgan fingerprint density at radius 3 is 2.41 bits per heavy atom. The Bertz CT molecular complexity index is 1350. The molecule has 6 nitrogen and oxygen atoms in total. The van der Waals surface area contributed by atoms with Crippen LogP contribution in [0.4, 0.5) is 5.69 Å². The molecule has 32 heavy (non-hydrogen) atoms. The molecule has 1 aliphatic heterocycles. The van der Waals surface area contributed by atoms with Crippen LogP contribution in [0.15, 0.2) is 92.8 Å². The maximum absolute atomic E-state index is 13.0. The molecule has 0 radical (unpaired) electrons. The molecule has 0 aromatic heterocycles. The number of amides is 1. The van der Waals surface area contributed by atoms with Crippen molar-refractivity contribution in [1.82, 2.24) is 0 Å². The number of anilines is 1. The van der Waals surface area contributed by atoms with Crippen molar-refractivity contribution in [3.63, 3.8) is 0 Å². The van der Waals surface area contributed by atoms with Crippen molar-refractivity contribution in [1.29, 1.82) is 0 Å². The van der Waals surface area contributed by atoms with Gasteiger partial charge in [-0.2, -0.15) is 18.5 Å². The number of rotatable bonds is 5. The van der Waals surface area contributed by atoms with Gasteiger partial charge in [-0.05, 0) is 67.6 Å². The van der Waals surface area contributed by atoms with Gasteiger partial charge in [-0.1, -0.05) is 45.7 Å². The molecule has 9 heteroatoms. The van der Waals surface area contributed by atoms with Crippen molar-refractivity contribution < 1.29 is 17.4 Å². The Balaban J connectivity index is 1.70. The predicted molar refractivity (Wildman–Crippen MR) is 128 cm³/mol.